The summed E-state index contributed by atoms with van der Waals surface area (Å²) in [4.78, 5) is 10.7. The lowest BCUT2D eigenvalue weighted by molar-refractivity contribution is -0.385. The van der Waals surface area contributed by atoms with E-state index in [0.29, 0.717) is 12.0 Å². The lowest BCUT2D eigenvalue weighted by atomic mass is 9.98. The minimum atomic E-state index is -0.343. The molecule has 5 heteroatoms. The maximum absolute atomic E-state index is 11.0. The Morgan fingerprint density at radius 3 is 2.68 bits per heavy atom. The van der Waals surface area contributed by atoms with E-state index in [0.717, 1.165) is 11.3 Å². The van der Waals surface area contributed by atoms with Crippen LogP contribution in [-0.4, -0.2) is 12.0 Å². The molecule has 5 nitrogen and oxygen atoms in total. The highest BCUT2D eigenvalue weighted by Crippen LogP contribution is 2.26. The average Bonchev–Trinajstić information content (AvgIpc) is 2.82. The Hall–Kier alpha value is -2.14. The second kappa shape index (κ2) is 5.67. The first kappa shape index (κ1) is 13.3. The summed E-state index contributed by atoms with van der Waals surface area (Å²) in [6.07, 6.45) is 2.18. The van der Waals surface area contributed by atoms with Crippen molar-refractivity contribution in [2.24, 2.45) is 0 Å². The molecule has 1 aromatic heterocycles. The molecule has 100 valence electrons. The van der Waals surface area contributed by atoms with Gasteiger partial charge in [-0.2, -0.15) is 0 Å². The summed E-state index contributed by atoms with van der Waals surface area (Å²) in [6.45, 7) is 1.89. The predicted molar refractivity (Wildman–Crippen MR) is 72.0 cm³/mol. The van der Waals surface area contributed by atoms with Gasteiger partial charge in [0, 0.05) is 23.2 Å². The van der Waals surface area contributed by atoms with Crippen LogP contribution in [0.1, 0.15) is 22.9 Å². The molecule has 0 saturated heterocycles. The topological polar surface area (TPSA) is 68.3 Å². The van der Waals surface area contributed by atoms with Crippen LogP contribution in [0.4, 0.5) is 5.69 Å². The molecule has 1 N–H and O–H groups in total. The van der Waals surface area contributed by atoms with E-state index in [-0.39, 0.29) is 16.7 Å². The van der Waals surface area contributed by atoms with E-state index in [1.165, 1.54) is 6.07 Å². The van der Waals surface area contributed by atoms with Gasteiger partial charge in [-0.15, -0.1) is 0 Å². The van der Waals surface area contributed by atoms with E-state index in [2.05, 4.69) is 5.32 Å². The first-order valence-corrected chi connectivity index (χ1v) is 6.07. The third-order valence-corrected chi connectivity index (χ3v) is 3.24. The van der Waals surface area contributed by atoms with E-state index in [4.69, 9.17) is 4.42 Å². The minimum Gasteiger partial charge on any atom is -0.469 e. The number of likely N-dealkylation sites (N-methyl/N-ethyl adjacent to an activating group) is 1. The van der Waals surface area contributed by atoms with Gasteiger partial charge in [-0.3, -0.25) is 10.1 Å². The second-order valence-electron chi connectivity index (χ2n) is 4.36. The highest BCUT2D eigenvalue weighted by atomic mass is 16.6. The van der Waals surface area contributed by atoms with Gasteiger partial charge in [0.1, 0.15) is 5.76 Å². The van der Waals surface area contributed by atoms with Gasteiger partial charge in [-0.25, -0.2) is 0 Å². The van der Waals surface area contributed by atoms with Crippen LogP contribution in [0.25, 0.3) is 0 Å². The highest BCUT2D eigenvalue weighted by molar-refractivity contribution is 5.41. The zero-order valence-electron chi connectivity index (χ0n) is 10.9. The Morgan fingerprint density at radius 2 is 2.11 bits per heavy atom. The molecule has 19 heavy (non-hydrogen) atoms. The Bertz CT molecular complexity index is 578. The Balaban J connectivity index is 2.29. The summed E-state index contributed by atoms with van der Waals surface area (Å²) < 4.78 is 5.29. The molecule has 0 fully saturated rings. The minimum absolute atomic E-state index is 0.000139. The number of nitrogens with one attached hydrogen (secondary N) is 1. The van der Waals surface area contributed by atoms with Crippen molar-refractivity contribution in [3.8, 4) is 0 Å². The summed E-state index contributed by atoms with van der Waals surface area (Å²) in [7, 11) is 1.84. The SMILES string of the molecule is CNC(Cc1ccccc1[N+](=O)[O-])c1ccoc1C. The van der Waals surface area contributed by atoms with Crippen molar-refractivity contribution in [1.29, 1.82) is 0 Å². The Morgan fingerprint density at radius 1 is 1.37 bits per heavy atom. The number of aryl methyl sites for hydroxylation is 1. The fraction of sp³-hybridized carbons (Fsp3) is 0.286. The van der Waals surface area contributed by atoms with Crippen molar-refractivity contribution in [3.63, 3.8) is 0 Å². The standard InChI is InChI=1S/C14H16N2O3/c1-10-12(7-8-19-10)13(15-2)9-11-5-3-4-6-14(11)16(17)18/h3-8,13,15H,9H2,1-2H3. The van der Waals surface area contributed by atoms with Gasteiger partial charge < -0.3 is 9.73 Å². The summed E-state index contributed by atoms with van der Waals surface area (Å²) in [5.74, 6) is 0.831. The van der Waals surface area contributed by atoms with Crippen LogP contribution in [-0.2, 0) is 6.42 Å². The van der Waals surface area contributed by atoms with Crippen LogP contribution in [0.15, 0.2) is 41.0 Å². The Kier molecular flexibility index (Phi) is 3.97. The smallest absolute Gasteiger partial charge is 0.272 e. The van der Waals surface area contributed by atoms with E-state index in [1.54, 1.807) is 18.4 Å². The molecule has 0 saturated carbocycles. The van der Waals surface area contributed by atoms with E-state index in [9.17, 15) is 10.1 Å². The lowest BCUT2D eigenvalue weighted by Crippen LogP contribution is -2.19. The van der Waals surface area contributed by atoms with Crippen molar-refractivity contribution >= 4 is 5.69 Å². The molecule has 2 aromatic rings. The number of furan rings is 1. The van der Waals surface area contributed by atoms with Crippen LogP contribution in [0.2, 0.25) is 0 Å². The van der Waals surface area contributed by atoms with Gasteiger partial charge in [0.15, 0.2) is 0 Å². The molecule has 2 rings (SSSR count). The fourth-order valence-corrected chi connectivity index (χ4v) is 2.21. The average molecular weight is 260 g/mol. The molecule has 1 aromatic carbocycles. The van der Waals surface area contributed by atoms with Gasteiger partial charge in [0.05, 0.1) is 11.2 Å². The number of hydrogen-bond acceptors (Lipinski definition) is 4. The predicted octanol–water partition coefficient (Wildman–Crippen LogP) is 3.00. The molecule has 1 atom stereocenters. The van der Waals surface area contributed by atoms with Gasteiger partial charge in [-0.05, 0) is 26.5 Å². The van der Waals surface area contributed by atoms with E-state index in [1.807, 2.05) is 26.1 Å². The second-order valence-corrected chi connectivity index (χ2v) is 4.36. The Labute approximate surface area is 111 Å². The van der Waals surface area contributed by atoms with Crippen molar-refractivity contribution < 1.29 is 9.34 Å². The highest BCUT2D eigenvalue weighted by Gasteiger charge is 2.19. The number of nitrogens with zero attached hydrogens (tertiary/aromatic N) is 1. The van der Waals surface area contributed by atoms with Crippen LogP contribution >= 0.6 is 0 Å². The van der Waals surface area contributed by atoms with Crippen LogP contribution in [0.5, 0.6) is 0 Å². The van der Waals surface area contributed by atoms with Gasteiger partial charge >= 0.3 is 0 Å². The first-order valence-electron chi connectivity index (χ1n) is 6.07. The van der Waals surface area contributed by atoms with Gasteiger partial charge in [0.25, 0.3) is 5.69 Å². The molecular formula is C14H16N2O3. The third kappa shape index (κ3) is 2.82. The lowest BCUT2D eigenvalue weighted by Gasteiger charge is -2.15. The molecular weight excluding hydrogens is 244 g/mol. The maximum Gasteiger partial charge on any atom is 0.272 e. The number of nitro benzene ring substituents is 1. The molecule has 0 spiro atoms. The molecule has 1 unspecified atom stereocenters. The van der Waals surface area contributed by atoms with E-state index < -0.39 is 0 Å². The first-order chi connectivity index (χ1) is 9.13. The molecule has 0 aliphatic heterocycles. The normalized spacial score (nSPS) is 12.3. The molecule has 0 amide bonds. The van der Waals surface area contributed by atoms with Crippen molar-refractivity contribution in [2.75, 3.05) is 7.05 Å². The number of nitro groups is 1. The number of hydrogen-bond donors (Lipinski definition) is 1. The van der Waals surface area contributed by atoms with Gasteiger partial charge in [0.2, 0.25) is 0 Å². The monoisotopic (exact) mass is 260 g/mol. The molecule has 0 bridgehead atoms. The number of rotatable bonds is 5. The van der Waals surface area contributed by atoms with Crippen molar-refractivity contribution in [1.82, 2.24) is 5.32 Å². The fourth-order valence-electron chi connectivity index (χ4n) is 2.21. The molecule has 0 aliphatic carbocycles. The van der Waals surface area contributed by atoms with Gasteiger partial charge in [-0.1, -0.05) is 18.2 Å². The summed E-state index contributed by atoms with van der Waals surface area (Å²) in [6, 6.07) is 8.71. The summed E-state index contributed by atoms with van der Waals surface area (Å²) in [5, 5.41) is 14.2. The van der Waals surface area contributed by atoms with Crippen molar-refractivity contribution in [2.45, 2.75) is 19.4 Å². The zero-order chi connectivity index (χ0) is 13.8. The maximum atomic E-state index is 11.0. The largest absolute Gasteiger partial charge is 0.469 e. The van der Waals surface area contributed by atoms with Crippen LogP contribution < -0.4 is 5.32 Å². The summed E-state index contributed by atoms with van der Waals surface area (Å²) >= 11 is 0. The zero-order valence-corrected chi connectivity index (χ0v) is 10.9. The van der Waals surface area contributed by atoms with Crippen LogP contribution in [0.3, 0.4) is 0 Å². The van der Waals surface area contributed by atoms with Crippen molar-refractivity contribution in [3.05, 3.63) is 63.6 Å². The quantitative estimate of drug-likeness (QED) is 0.662. The number of benzene rings is 1. The number of para-hydroxylation sites is 1. The molecule has 0 aliphatic rings. The third-order valence-electron chi connectivity index (χ3n) is 3.24. The molecule has 1 heterocycles. The molecule has 0 radical (unpaired) electrons. The summed E-state index contributed by atoms with van der Waals surface area (Å²) in [5.41, 5.74) is 1.90. The van der Waals surface area contributed by atoms with E-state index >= 15 is 0 Å². The van der Waals surface area contributed by atoms with Crippen LogP contribution in [0, 0.1) is 17.0 Å².